The SMILES string of the molecule is CCC1CCCCC1OC(CI)c1ccc(F)cc1. The molecule has 0 spiro atoms. The first kappa shape index (κ1) is 15.2. The van der Waals surface area contributed by atoms with E-state index < -0.39 is 0 Å². The van der Waals surface area contributed by atoms with Gasteiger partial charge in [-0.05, 0) is 36.5 Å². The Labute approximate surface area is 129 Å². The minimum atomic E-state index is -0.181. The molecule has 0 bridgehead atoms. The van der Waals surface area contributed by atoms with Crippen LogP contribution >= 0.6 is 22.6 Å². The molecule has 0 aliphatic heterocycles. The summed E-state index contributed by atoms with van der Waals surface area (Å²) in [6.07, 6.45) is 6.75. The van der Waals surface area contributed by atoms with Crippen LogP contribution in [-0.4, -0.2) is 10.5 Å². The van der Waals surface area contributed by atoms with Gasteiger partial charge in [0.05, 0.1) is 12.2 Å². The van der Waals surface area contributed by atoms with Crippen molar-refractivity contribution >= 4 is 22.6 Å². The summed E-state index contributed by atoms with van der Waals surface area (Å²) in [5.41, 5.74) is 1.09. The normalized spacial score (nSPS) is 25.2. The second kappa shape index (κ2) is 7.58. The molecule has 0 amide bonds. The molecule has 106 valence electrons. The molecule has 1 aromatic rings. The smallest absolute Gasteiger partial charge is 0.123 e. The molecular formula is C16H22FIO. The Bertz CT molecular complexity index is 379. The van der Waals surface area contributed by atoms with Crippen molar-refractivity contribution in [3.8, 4) is 0 Å². The molecule has 0 saturated heterocycles. The molecule has 0 N–H and O–H groups in total. The minimum Gasteiger partial charge on any atom is -0.369 e. The highest BCUT2D eigenvalue weighted by atomic mass is 127. The largest absolute Gasteiger partial charge is 0.369 e. The van der Waals surface area contributed by atoms with Crippen molar-refractivity contribution in [3.05, 3.63) is 35.6 Å². The van der Waals surface area contributed by atoms with Gasteiger partial charge in [0, 0.05) is 4.43 Å². The lowest BCUT2D eigenvalue weighted by Crippen LogP contribution is -2.29. The molecule has 0 heterocycles. The number of benzene rings is 1. The molecule has 3 atom stereocenters. The van der Waals surface area contributed by atoms with E-state index in [1.54, 1.807) is 0 Å². The Morgan fingerprint density at radius 1 is 1.26 bits per heavy atom. The van der Waals surface area contributed by atoms with Gasteiger partial charge in [0.25, 0.3) is 0 Å². The monoisotopic (exact) mass is 376 g/mol. The third kappa shape index (κ3) is 4.15. The second-order valence-electron chi connectivity index (χ2n) is 5.32. The van der Waals surface area contributed by atoms with Crippen molar-refractivity contribution in [2.24, 2.45) is 5.92 Å². The molecule has 1 fully saturated rings. The summed E-state index contributed by atoms with van der Waals surface area (Å²) < 4.78 is 20.2. The lowest BCUT2D eigenvalue weighted by Gasteiger charge is -2.33. The third-order valence-electron chi connectivity index (χ3n) is 4.08. The highest BCUT2D eigenvalue weighted by Gasteiger charge is 2.27. The summed E-state index contributed by atoms with van der Waals surface area (Å²) in [6, 6.07) is 6.75. The third-order valence-corrected chi connectivity index (χ3v) is 4.88. The van der Waals surface area contributed by atoms with Crippen LogP contribution < -0.4 is 0 Å². The predicted octanol–water partition coefficient (Wildman–Crippen LogP) is 5.29. The Morgan fingerprint density at radius 3 is 2.58 bits per heavy atom. The molecule has 3 unspecified atom stereocenters. The van der Waals surface area contributed by atoms with Crippen molar-refractivity contribution in [2.75, 3.05) is 4.43 Å². The molecule has 1 aliphatic carbocycles. The summed E-state index contributed by atoms with van der Waals surface area (Å²) in [4.78, 5) is 0. The number of hydrogen-bond donors (Lipinski definition) is 0. The first-order chi connectivity index (χ1) is 9.24. The highest BCUT2D eigenvalue weighted by Crippen LogP contribution is 2.33. The highest BCUT2D eigenvalue weighted by molar-refractivity contribution is 14.1. The first-order valence-electron chi connectivity index (χ1n) is 7.21. The van der Waals surface area contributed by atoms with Crippen LogP contribution in [-0.2, 0) is 4.74 Å². The average molecular weight is 376 g/mol. The van der Waals surface area contributed by atoms with E-state index in [4.69, 9.17) is 4.74 Å². The van der Waals surface area contributed by atoms with Crippen molar-refractivity contribution in [1.29, 1.82) is 0 Å². The van der Waals surface area contributed by atoms with Gasteiger partial charge in [0.2, 0.25) is 0 Å². The van der Waals surface area contributed by atoms with Crippen LogP contribution in [0.15, 0.2) is 24.3 Å². The topological polar surface area (TPSA) is 9.23 Å². The van der Waals surface area contributed by atoms with Gasteiger partial charge in [0.1, 0.15) is 5.82 Å². The van der Waals surface area contributed by atoms with Crippen LogP contribution in [0.3, 0.4) is 0 Å². The van der Waals surface area contributed by atoms with Crippen molar-refractivity contribution in [2.45, 2.75) is 51.2 Å². The molecule has 1 saturated carbocycles. The first-order valence-corrected chi connectivity index (χ1v) is 8.74. The number of ether oxygens (including phenoxy) is 1. The van der Waals surface area contributed by atoms with Crippen molar-refractivity contribution in [1.82, 2.24) is 0 Å². The lowest BCUT2D eigenvalue weighted by atomic mass is 9.84. The fraction of sp³-hybridized carbons (Fsp3) is 0.625. The molecule has 19 heavy (non-hydrogen) atoms. The Hall–Kier alpha value is -0.160. The number of alkyl halides is 1. The summed E-state index contributed by atoms with van der Waals surface area (Å²) >= 11 is 2.36. The van der Waals surface area contributed by atoms with E-state index in [0.717, 1.165) is 9.99 Å². The molecule has 3 heteroatoms. The van der Waals surface area contributed by atoms with E-state index in [9.17, 15) is 4.39 Å². The van der Waals surface area contributed by atoms with Gasteiger partial charge in [0.15, 0.2) is 0 Å². The lowest BCUT2D eigenvalue weighted by molar-refractivity contribution is -0.0517. The summed E-state index contributed by atoms with van der Waals surface area (Å²) in [5, 5.41) is 0. The maximum atomic E-state index is 13.0. The quantitative estimate of drug-likeness (QED) is 0.501. The zero-order valence-corrected chi connectivity index (χ0v) is 13.6. The maximum absolute atomic E-state index is 13.0. The molecular weight excluding hydrogens is 354 g/mol. The van der Waals surface area contributed by atoms with E-state index in [1.165, 1.54) is 44.2 Å². The van der Waals surface area contributed by atoms with E-state index >= 15 is 0 Å². The maximum Gasteiger partial charge on any atom is 0.123 e. The van der Waals surface area contributed by atoms with Crippen LogP contribution in [0.25, 0.3) is 0 Å². The molecule has 1 aliphatic rings. The Balaban J connectivity index is 2.03. The van der Waals surface area contributed by atoms with Crippen molar-refractivity contribution < 1.29 is 9.13 Å². The molecule has 0 radical (unpaired) electrons. The van der Waals surface area contributed by atoms with Crippen LogP contribution in [0, 0.1) is 11.7 Å². The Morgan fingerprint density at radius 2 is 1.95 bits per heavy atom. The van der Waals surface area contributed by atoms with Crippen LogP contribution in [0.2, 0.25) is 0 Å². The predicted molar refractivity (Wildman–Crippen MR) is 85.2 cm³/mol. The van der Waals surface area contributed by atoms with Gasteiger partial charge in [-0.2, -0.15) is 0 Å². The van der Waals surface area contributed by atoms with Crippen LogP contribution in [0.5, 0.6) is 0 Å². The second-order valence-corrected chi connectivity index (χ2v) is 6.20. The van der Waals surface area contributed by atoms with E-state index in [-0.39, 0.29) is 11.9 Å². The number of hydrogen-bond acceptors (Lipinski definition) is 1. The van der Waals surface area contributed by atoms with Crippen LogP contribution in [0.4, 0.5) is 4.39 Å². The van der Waals surface area contributed by atoms with E-state index in [1.807, 2.05) is 12.1 Å². The molecule has 0 aromatic heterocycles. The van der Waals surface area contributed by atoms with Gasteiger partial charge in [-0.15, -0.1) is 0 Å². The number of halogens is 2. The Kier molecular flexibility index (Phi) is 6.07. The molecule has 1 aromatic carbocycles. The van der Waals surface area contributed by atoms with Crippen molar-refractivity contribution in [3.63, 3.8) is 0 Å². The average Bonchev–Trinajstić information content (AvgIpc) is 2.46. The standard InChI is InChI=1S/C16H22FIO/c1-2-12-5-3-4-6-15(12)19-16(11-18)13-7-9-14(17)10-8-13/h7-10,12,15-16H,2-6,11H2,1H3. The molecule has 2 rings (SSSR count). The zero-order chi connectivity index (χ0) is 13.7. The fourth-order valence-corrected chi connectivity index (χ4v) is 3.63. The minimum absolute atomic E-state index is 0.0957. The van der Waals surface area contributed by atoms with Crippen LogP contribution in [0.1, 0.15) is 50.7 Å². The summed E-state index contributed by atoms with van der Waals surface area (Å²) in [7, 11) is 0. The van der Waals surface area contributed by atoms with E-state index in [0.29, 0.717) is 12.0 Å². The van der Waals surface area contributed by atoms with Gasteiger partial charge < -0.3 is 4.74 Å². The molecule has 1 nitrogen and oxygen atoms in total. The van der Waals surface area contributed by atoms with Gasteiger partial charge in [-0.3, -0.25) is 0 Å². The van der Waals surface area contributed by atoms with Gasteiger partial charge >= 0.3 is 0 Å². The summed E-state index contributed by atoms with van der Waals surface area (Å²) in [5.74, 6) is 0.514. The van der Waals surface area contributed by atoms with Gasteiger partial charge in [-0.1, -0.05) is 60.9 Å². The zero-order valence-electron chi connectivity index (χ0n) is 11.4. The summed E-state index contributed by atoms with van der Waals surface area (Å²) in [6.45, 7) is 2.25. The van der Waals surface area contributed by atoms with E-state index in [2.05, 4.69) is 29.5 Å². The number of rotatable bonds is 5. The fourth-order valence-electron chi connectivity index (χ4n) is 2.91. The van der Waals surface area contributed by atoms with Gasteiger partial charge in [-0.25, -0.2) is 4.39 Å².